The second-order valence-electron chi connectivity index (χ2n) is 5.56. The molecule has 0 aliphatic heterocycles. The zero-order chi connectivity index (χ0) is 17.2. The first-order valence-corrected chi connectivity index (χ1v) is 7.81. The third-order valence-electron chi connectivity index (χ3n) is 3.95. The minimum atomic E-state index is -0.241. The highest BCUT2D eigenvalue weighted by atomic mass is 16.5. The van der Waals surface area contributed by atoms with E-state index in [0.29, 0.717) is 23.6 Å². The zero-order valence-electron chi connectivity index (χ0n) is 13.5. The van der Waals surface area contributed by atoms with E-state index >= 15 is 0 Å². The van der Waals surface area contributed by atoms with E-state index in [-0.39, 0.29) is 5.91 Å². The Hall–Kier alpha value is -3.48. The minimum absolute atomic E-state index is 0.241. The number of hydrogen-bond donors (Lipinski definition) is 1. The minimum Gasteiger partial charge on any atom is -0.360 e. The summed E-state index contributed by atoms with van der Waals surface area (Å²) in [5.41, 5.74) is 3.38. The highest BCUT2D eigenvalue weighted by Gasteiger charge is 2.21. The summed E-state index contributed by atoms with van der Waals surface area (Å²) in [6.45, 7) is 2.05. The van der Waals surface area contributed by atoms with Gasteiger partial charge in [0.05, 0.1) is 12.2 Å². The van der Waals surface area contributed by atoms with Crippen LogP contribution in [-0.2, 0) is 6.54 Å². The summed E-state index contributed by atoms with van der Waals surface area (Å²) in [5.74, 6) is 0.241. The molecule has 0 fully saturated rings. The van der Waals surface area contributed by atoms with Crippen LogP contribution in [0.5, 0.6) is 0 Å². The molecule has 7 heteroatoms. The van der Waals surface area contributed by atoms with Crippen molar-refractivity contribution in [2.24, 2.45) is 0 Å². The maximum Gasteiger partial charge on any atom is 0.257 e. The largest absolute Gasteiger partial charge is 0.360 e. The number of benzene rings is 1. The Labute approximate surface area is 143 Å². The first-order valence-electron chi connectivity index (χ1n) is 7.81. The zero-order valence-corrected chi connectivity index (χ0v) is 13.5. The van der Waals surface area contributed by atoms with Gasteiger partial charge in [0.1, 0.15) is 23.3 Å². The highest BCUT2D eigenvalue weighted by Crippen LogP contribution is 2.24. The maximum absolute atomic E-state index is 12.7. The van der Waals surface area contributed by atoms with Gasteiger partial charge in [0, 0.05) is 5.56 Å². The Kier molecular flexibility index (Phi) is 3.74. The van der Waals surface area contributed by atoms with Crippen molar-refractivity contribution in [1.82, 2.24) is 25.1 Å². The molecule has 1 amide bonds. The number of hydrogen-bond acceptors (Lipinski definition) is 5. The lowest BCUT2D eigenvalue weighted by molar-refractivity contribution is 0.0949. The fourth-order valence-electron chi connectivity index (χ4n) is 2.73. The number of nitrogens with zero attached hydrogens (tertiary/aromatic N) is 4. The molecule has 0 saturated heterocycles. The fraction of sp³-hybridized carbons (Fsp3) is 0.111. The SMILES string of the molecule is Cc1onc(-c2ccccc2)c1C(=O)NCc1cccc2ncnn12. The van der Waals surface area contributed by atoms with E-state index in [4.69, 9.17) is 4.52 Å². The predicted molar refractivity (Wildman–Crippen MR) is 90.8 cm³/mol. The van der Waals surface area contributed by atoms with Crippen LogP contribution >= 0.6 is 0 Å². The molecule has 3 heterocycles. The van der Waals surface area contributed by atoms with E-state index in [1.807, 2.05) is 48.5 Å². The predicted octanol–water partition coefficient (Wildman–Crippen LogP) is 2.62. The third kappa shape index (κ3) is 2.76. The van der Waals surface area contributed by atoms with Gasteiger partial charge in [0.15, 0.2) is 5.65 Å². The van der Waals surface area contributed by atoms with Crippen molar-refractivity contribution < 1.29 is 9.32 Å². The fourth-order valence-corrected chi connectivity index (χ4v) is 2.73. The molecule has 25 heavy (non-hydrogen) atoms. The summed E-state index contributed by atoms with van der Waals surface area (Å²) in [5, 5.41) is 11.1. The summed E-state index contributed by atoms with van der Waals surface area (Å²) in [4.78, 5) is 16.9. The van der Waals surface area contributed by atoms with Gasteiger partial charge in [-0.1, -0.05) is 41.6 Å². The van der Waals surface area contributed by atoms with E-state index in [1.54, 1.807) is 11.4 Å². The van der Waals surface area contributed by atoms with Gasteiger partial charge in [0.2, 0.25) is 0 Å². The average molecular weight is 333 g/mol. The molecule has 7 nitrogen and oxygen atoms in total. The van der Waals surface area contributed by atoms with Crippen LogP contribution < -0.4 is 5.32 Å². The number of aromatic nitrogens is 4. The van der Waals surface area contributed by atoms with Crippen molar-refractivity contribution in [2.45, 2.75) is 13.5 Å². The van der Waals surface area contributed by atoms with E-state index < -0.39 is 0 Å². The first-order chi connectivity index (χ1) is 12.2. The Morgan fingerprint density at radius 3 is 2.84 bits per heavy atom. The molecule has 0 atom stereocenters. The Bertz CT molecular complexity index is 1040. The van der Waals surface area contributed by atoms with Crippen LogP contribution in [0.15, 0.2) is 59.4 Å². The molecular formula is C18H15N5O2. The summed E-state index contributed by atoms with van der Waals surface area (Å²) in [7, 11) is 0. The van der Waals surface area contributed by atoms with Crippen LogP contribution in [-0.4, -0.2) is 25.7 Å². The van der Waals surface area contributed by atoms with Crippen LogP contribution in [0.4, 0.5) is 0 Å². The lowest BCUT2D eigenvalue weighted by atomic mass is 10.1. The number of carbonyl (C=O) groups is 1. The van der Waals surface area contributed by atoms with Crippen LogP contribution in [0, 0.1) is 6.92 Å². The van der Waals surface area contributed by atoms with Crippen LogP contribution in [0.3, 0.4) is 0 Å². The van der Waals surface area contributed by atoms with Crippen molar-refractivity contribution in [3.63, 3.8) is 0 Å². The van der Waals surface area contributed by atoms with Crippen LogP contribution in [0.25, 0.3) is 16.9 Å². The highest BCUT2D eigenvalue weighted by molar-refractivity contribution is 6.00. The van der Waals surface area contributed by atoms with Crippen molar-refractivity contribution in [1.29, 1.82) is 0 Å². The Morgan fingerprint density at radius 2 is 2.00 bits per heavy atom. The molecule has 4 aromatic rings. The van der Waals surface area contributed by atoms with Crippen molar-refractivity contribution in [2.75, 3.05) is 0 Å². The van der Waals surface area contributed by atoms with Crippen LogP contribution in [0.2, 0.25) is 0 Å². The number of fused-ring (bicyclic) bond motifs is 1. The molecule has 0 unspecified atom stereocenters. The van der Waals surface area contributed by atoms with E-state index in [9.17, 15) is 4.79 Å². The molecule has 124 valence electrons. The summed E-state index contributed by atoms with van der Waals surface area (Å²) in [6, 6.07) is 15.1. The molecule has 4 rings (SSSR count). The number of rotatable bonds is 4. The van der Waals surface area contributed by atoms with E-state index in [2.05, 4.69) is 20.6 Å². The summed E-state index contributed by atoms with van der Waals surface area (Å²) < 4.78 is 6.94. The normalized spacial score (nSPS) is 10.9. The molecule has 0 spiro atoms. The number of pyridine rings is 1. The second kappa shape index (κ2) is 6.20. The molecule has 0 saturated carbocycles. The topological polar surface area (TPSA) is 85.3 Å². The van der Waals surface area contributed by atoms with Gasteiger partial charge in [-0.3, -0.25) is 4.79 Å². The molecule has 0 bridgehead atoms. The lowest BCUT2D eigenvalue weighted by Crippen LogP contribution is -2.25. The number of nitrogens with one attached hydrogen (secondary N) is 1. The number of amides is 1. The van der Waals surface area contributed by atoms with E-state index in [0.717, 1.165) is 16.9 Å². The molecule has 0 aliphatic carbocycles. The first kappa shape index (κ1) is 15.1. The smallest absolute Gasteiger partial charge is 0.257 e. The van der Waals surface area contributed by atoms with Gasteiger partial charge in [-0.05, 0) is 19.1 Å². The quantitative estimate of drug-likeness (QED) is 0.620. The van der Waals surface area contributed by atoms with E-state index in [1.165, 1.54) is 6.33 Å². The Balaban J connectivity index is 1.60. The van der Waals surface area contributed by atoms with Gasteiger partial charge < -0.3 is 9.84 Å². The monoisotopic (exact) mass is 333 g/mol. The standard InChI is InChI=1S/C18H15N5O2/c1-12-16(17(22-25-12)13-6-3-2-4-7-13)18(24)19-10-14-8-5-9-15-20-11-21-23(14)15/h2-9,11H,10H2,1H3,(H,19,24). The van der Waals surface area contributed by atoms with Crippen molar-refractivity contribution in [3.8, 4) is 11.3 Å². The average Bonchev–Trinajstić information content (AvgIpc) is 3.27. The van der Waals surface area contributed by atoms with Gasteiger partial charge in [-0.25, -0.2) is 9.50 Å². The molecule has 0 aliphatic rings. The molecule has 1 N–H and O–H groups in total. The molecule has 1 aromatic carbocycles. The Morgan fingerprint density at radius 1 is 1.16 bits per heavy atom. The maximum atomic E-state index is 12.7. The lowest BCUT2D eigenvalue weighted by Gasteiger charge is -2.07. The molecular weight excluding hydrogens is 318 g/mol. The van der Waals surface area contributed by atoms with Gasteiger partial charge in [0.25, 0.3) is 5.91 Å². The van der Waals surface area contributed by atoms with Gasteiger partial charge >= 0.3 is 0 Å². The molecule has 0 radical (unpaired) electrons. The number of carbonyl (C=O) groups excluding carboxylic acids is 1. The van der Waals surface area contributed by atoms with Gasteiger partial charge in [-0.2, -0.15) is 5.10 Å². The van der Waals surface area contributed by atoms with Crippen LogP contribution in [0.1, 0.15) is 21.8 Å². The van der Waals surface area contributed by atoms with Gasteiger partial charge in [-0.15, -0.1) is 0 Å². The third-order valence-corrected chi connectivity index (χ3v) is 3.95. The summed E-state index contributed by atoms with van der Waals surface area (Å²) in [6.07, 6.45) is 1.48. The molecule has 3 aromatic heterocycles. The second-order valence-corrected chi connectivity index (χ2v) is 5.56. The van der Waals surface area contributed by atoms with Crippen molar-refractivity contribution >= 4 is 11.6 Å². The summed E-state index contributed by atoms with van der Waals surface area (Å²) >= 11 is 0. The van der Waals surface area contributed by atoms with Crippen molar-refractivity contribution in [3.05, 3.63) is 71.9 Å². The number of aryl methyl sites for hydroxylation is 1.